The highest BCUT2D eigenvalue weighted by Gasteiger charge is 2.32. The lowest BCUT2D eigenvalue weighted by Crippen LogP contribution is -2.24. The molecule has 3 aromatic carbocycles. The van der Waals surface area contributed by atoms with Crippen LogP contribution < -0.4 is 10.3 Å². The number of H-pyrrole nitrogens is 2. The fraction of sp³-hybridized carbons (Fsp3) is 0.0476. The van der Waals surface area contributed by atoms with E-state index in [4.69, 9.17) is 17.0 Å². The standard InChI is InChI=1S/C21H14N2O2S/c24-19-17-16(13-7-2-1-3-8-13)15-11-10-12-6-4-5-9-14(12)18(15)25-20(17)23-21(26)22-19/h1-11,16H,(H2,22,23,24,26). The zero-order valence-corrected chi connectivity index (χ0v) is 14.5. The van der Waals surface area contributed by atoms with E-state index < -0.39 is 0 Å². The van der Waals surface area contributed by atoms with Gasteiger partial charge in [0.2, 0.25) is 5.88 Å². The van der Waals surface area contributed by atoms with E-state index in [1.807, 2.05) is 60.7 Å². The number of hydrogen-bond acceptors (Lipinski definition) is 3. The van der Waals surface area contributed by atoms with Crippen molar-refractivity contribution in [3.63, 3.8) is 0 Å². The summed E-state index contributed by atoms with van der Waals surface area (Å²) in [4.78, 5) is 18.4. The molecule has 4 nitrogen and oxygen atoms in total. The summed E-state index contributed by atoms with van der Waals surface area (Å²) in [6.45, 7) is 0. The molecule has 1 atom stereocenters. The van der Waals surface area contributed by atoms with Crippen molar-refractivity contribution in [1.82, 2.24) is 9.97 Å². The first-order valence-electron chi connectivity index (χ1n) is 8.33. The van der Waals surface area contributed by atoms with Crippen molar-refractivity contribution in [3.8, 4) is 11.6 Å². The molecule has 4 aromatic rings. The molecular formula is C21H14N2O2S. The van der Waals surface area contributed by atoms with E-state index in [0.717, 1.165) is 27.6 Å². The maximum atomic E-state index is 12.7. The van der Waals surface area contributed by atoms with Gasteiger partial charge in [-0.25, -0.2) is 0 Å². The second-order valence-corrected chi connectivity index (χ2v) is 6.71. The van der Waals surface area contributed by atoms with Crippen LogP contribution in [0.4, 0.5) is 0 Å². The van der Waals surface area contributed by atoms with E-state index in [1.165, 1.54) is 0 Å². The molecule has 0 spiro atoms. The number of nitrogens with one attached hydrogen (secondary N) is 2. The molecule has 0 radical (unpaired) electrons. The third-order valence-electron chi connectivity index (χ3n) is 4.79. The number of benzene rings is 3. The van der Waals surface area contributed by atoms with E-state index in [2.05, 4.69) is 16.0 Å². The largest absolute Gasteiger partial charge is 0.439 e. The molecule has 1 aliphatic rings. The maximum Gasteiger partial charge on any atom is 0.259 e. The zero-order chi connectivity index (χ0) is 17.7. The van der Waals surface area contributed by atoms with Crippen LogP contribution in [-0.2, 0) is 0 Å². The van der Waals surface area contributed by atoms with Crippen LogP contribution in [0.3, 0.4) is 0 Å². The maximum absolute atomic E-state index is 12.7. The molecule has 0 saturated heterocycles. The zero-order valence-electron chi connectivity index (χ0n) is 13.7. The molecule has 1 aliphatic heterocycles. The highest BCUT2D eigenvalue weighted by Crippen LogP contribution is 2.47. The van der Waals surface area contributed by atoms with E-state index >= 15 is 0 Å². The van der Waals surface area contributed by atoms with Crippen molar-refractivity contribution in [2.45, 2.75) is 5.92 Å². The first-order valence-corrected chi connectivity index (χ1v) is 8.74. The molecule has 2 heterocycles. The van der Waals surface area contributed by atoms with E-state index in [1.54, 1.807) is 0 Å². The summed E-state index contributed by atoms with van der Waals surface area (Å²) in [6.07, 6.45) is 0. The average molecular weight is 358 g/mol. The van der Waals surface area contributed by atoms with Gasteiger partial charge in [-0.15, -0.1) is 0 Å². The van der Waals surface area contributed by atoms with E-state index in [-0.39, 0.29) is 16.2 Å². The predicted molar refractivity (Wildman–Crippen MR) is 104 cm³/mol. The Morgan fingerprint density at radius 3 is 2.50 bits per heavy atom. The van der Waals surface area contributed by atoms with Crippen LogP contribution in [0.5, 0.6) is 11.6 Å². The molecule has 1 unspecified atom stereocenters. The lowest BCUT2D eigenvalue weighted by Gasteiger charge is -2.28. The topological polar surface area (TPSA) is 57.9 Å². The van der Waals surface area contributed by atoms with Crippen LogP contribution in [0.25, 0.3) is 10.8 Å². The molecule has 0 fully saturated rings. The van der Waals surface area contributed by atoms with E-state index in [0.29, 0.717) is 11.4 Å². The fourth-order valence-corrected chi connectivity index (χ4v) is 3.85. The Morgan fingerprint density at radius 2 is 1.65 bits per heavy atom. The Morgan fingerprint density at radius 1 is 0.885 bits per heavy atom. The highest BCUT2D eigenvalue weighted by molar-refractivity contribution is 7.71. The van der Waals surface area contributed by atoms with Gasteiger partial charge in [0, 0.05) is 16.9 Å². The van der Waals surface area contributed by atoms with Gasteiger partial charge in [-0.3, -0.25) is 9.78 Å². The molecule has 5 heteroatoms. The number of aromatic nitrogens is 2. The van der Waals surface area contributed by atoms with Crippen LogP contribution in [0.2, 0.25) is 0 Å². The minimum atomic E-state index is -0.227. The van der Waals surface area contributed by atoms with Gasteiger partial charge in [0.25, 0.3) is 5.56 Å². The summed E-state index contributed by atoms with van der Waals surface area (Å²) in [6, 6.07) is 22.1. The highest BCUT2D eigenvalue weighted by atomic mass is 32.1. The van der Waals surface area contributed by atoms with Crippen molar-refractivity contribution >= 4 is 23.0 Å². The minimum Gasteiger partial charge on any atom is -0.439 e. The Hall–Kier alpha value is -3.18. The van der Waals surface area contributed by atoms with Crippen molar-refractivity contribution in [3.05, 3.63) is 98.5 Å². The molecule has 126 valence electrons. The van der Waals surface area contributed by atoms with Gasteiger partial charge in [0.1, 0.15) is 5.75 Å². The monoisotopic (exact) mass is 358 g/mol. The van der Waals surface area contributed by atoms with E-state index in [9.17, 15) is 4.79 Å². The molecule has 5 rings (SSSR count). The summed E-state index contributed by atoms with van der Waals surface area (Å²) < 4.78 is 6.42. The van der Waals surface area contributed by atoms with Crippen molar-refractivity contribution in [2.24, 2.45) is 0 Å². The second-order valence-electron chi connectivity index (χ2n) is 6.30. The third kappa shape index (κ3) is 2.21. The molecule has 0 bridgehead atoms. The van der Waals surface area contributed by atoms with Gasteiger partial charge < -0.3 is 9.72 Å². The SMILES string of the molecule is O=c1[nH]c(=S)[nH]c2c1C(c1ccccc1)c1ccc3ccccc3c1O2. The molecular weight excluding hydrogens is 344 g/mol. The second kappa shape index (κ2) is 5.68. The quantitative estimate of drug-likeness (QED) is 0.420. The Kier molecular flexibility index (Phi) is 3.30. The lowest BCUT2D eigenvalue weighted by atomic mass is 9.83. The lowest BCUT2D eigenvalue weighted by molar-refractivity contribution is 0.434. The third-order valence-corrected chi connectivity index (χ3v) is 4.99. The Labute approximate surface area is 154 Å². The van der Waals surface area contributed by atoms with Gasteiger partial charge >= 0.3 is 0 Å². The van der Waals surface area contributed by atoms with Gasteiger partial charge in [0.05, 0.1) is 5.56 Å². The fourth-order valence-electron chi connectivity index (χ4n) is 3.67. The number of ether oxygens (including phenoxy) is 1. The number of hydrogen-bond donors (Lipinski definition) is 2. The molecule has 2 N–H and O–H groups in total. The Bertz CT molecular complexity index is 1260. The predicted octanol–water partition coefficient (Wildman–Crippen LogP) is 4.87. The van der Waals surface area contributed by atoms with Gasteiger partial charge in [-0.05, 0) is 23.2 Å². The van der Waals surface area contributed by atoms with Crippen molar-refractivity contribution < 1.29 is 4.74 Å². The average Bonchev–Trinajstić information content (AvgIpc) is 2.67. The van der Waals surface area contributed by atoms with Crippen LogP contribution in [0, 0.1) is 4.77 Å². The van der Waals surface area contributed by atoms with Gasteiger partial charge in [0.15, 0.2) is 4.77 Å². The summed E-state index contributed by atoms with van der Waals surface area (Å²) in [7, 11) is 0. The smallest absolute Gasteiger partial charge is 0.259 e. The van der Waals surface area contributed by atoms with Crippen molar-refractivity contribution in [1.29, 1.82) is 0 Å². The van der Waals surface area contributed by atoms with Crippen LogP contribution in [0.15, 0.2) is 71.5 Å². The van der Waals surface area contributed by atoms with Crippen LogP contribution >= 0.6 is 12.2 Å². The van der Waals surface area contributed by atoms with Crippen LogP contribution in [0.1, 0.15) is 22.6 Å². The molecule has 0 saturated carbocycles. The number of fused-ring (bicyclic) bond motifs is 4. The normalized spacial score (nSPS) is 15.2. The Balaban J connectivity index is 1.89. The first kappa shape index (κ1) is 15.1. The molecule has 0 amide bonds. The minimum absolute atomic E-state index is 0.226. The van der Waals surface area contributed by atoms with Gasteiger partial charge in [-0.2, -0.15) is 0 Å². The molecule has 26 heavy (non-hydrogen) atoms. The van der Waals surface area contributed by atoms with Gasteiger partial charge in [-0.1, -0.05) is 66.7 Å². The van der Waals surface area contributed by atoms with Crippen LogP contribution in [-0.4, -0.2) is 9.97 Å². The molecule has 1 aromatic heterocycles. The molecule has 0 aliphatic carbocycles. The number of rotatable bonds is 1. The van der Waals surface area contributed by atoms with Crippen molar-refractivity contribution in [2.75, 3.05) is 0 Å². The first-order chi connectivity index (χ1) is 12.7. The summed E-state index contributed by atoms with van der Waals surface area (Å²) in [5.41, 5.74) is 2.33. The summed E-state index contributed by atoms with van der Waals surface area (Å²) in [5.74, 6) is 0.951. The summed E-state index contributed by atoms with van der Waals surface area (Å²) in [5, 5.41) is 2.10. The summed E-state index contributed by atoms with van der Waals surface area (Å²) >= 11 is 5.14. The number of aromatic amines is 2.